The highest BCUT2D eigenvalue weighted by molar-refractivity contribution is 5.90. The molecule has 0 atom stereocenters. The summed E-state index contributed by atoms with van der Waals surface area (Å²) in [6.45, 7) is 1.96. The van der Waals surface area contributed by atoms with Crippen LogP contribution in [0.3, 0.4) is 0 Å². The van der Waals surface area contributed by atoms with Gasteiger partial charge in [-0.3, -0.25) is 9.59 Å². The van der Waals surface area contributed by atoms with Crippen LogP contribution in [-0.2, 0) is 11.2 Å². The number of aromatic nitrogens is 3. The topological polar surface area (TPSA) is 101 Å². The zero-order valence-corrected chi connectivity index (χ0v) is 15.5. The number of nitrogens with zero attached hydrogens (tertiary/aromatic N) is 2. The molecule has 1 amide bonds. The predicted molar refractivity (Wildman–Crippen MR) is 106 cm³/mol. The van der Waals surface area contributed by atoms with Crippen LogP contribution in [0.2, 0.25) is 0 Å². The van der Waals surface area contributed by atoms with Crippen LogP contribution in [0.15, 0.2) is 57.8 Å². The normalized spacial score (nSPS) is 11.0. The first-order valence-electron chi connectivity index (χ1n) is 9.00. The van der Waals surface area contributed by atoms with E-state index in [-0.39, 0.29) is 47.3 Å². The van der Waals surface area contributed by atoms with Gasteiger partial charge in [0, 0.05) is 18.4 Å². The fourth-order valence-corrected chi connectivity index (χ4v) is 2.95. The number of hydrogen-bond donors (Lipinski definition) is 2. The molecule has 0 saturated heterocycles. The van der Waals surface area contributed by atoms with Crippen LogP contribution >= 0.6 is 0 Å². The van der Waals surface area contributed by atoms with Crippen molar-refractivity contribution in [1.29, 1.82) is 0 Å². The lowest BCUT2D eigenvalue weighted by atomic mass is 10.1. The van der Waals surface area contributed by atoms with E-state index in [1.54, 1.807) is 18.2 Å². The molecule has 2 aromatic heterocycles. The third-order valence-corrected chi connectivity index (χ3v) is 4.42. The van der Waals surface area contributed by atoms with Crippen LogP contribution in [0.5, 0.6) is 0 Å². The van der Waals surface area contributed by atoms with Crippen molar-refractivity contribution in [1.82, 2.24) is 15.1 Å². The number of amides is 1. The van der Waals surface area contributed by atoms with Crippen LogP contribution in [0, 0.1) is 12.7 Å². The van der Waals surface area contributed by atoms with E-state index < -0.39 is 5.82 Å². The maximum absolute atomic E-state index is 13.6. The van der Waals surface area contributed by atoms with E-state index in [9.17, 15) is 14.0 Å². The van der Waals surface area contributed by atoms with Gasteiger partial charge < -0.3 is 14.8 Å². The van der Waals surface area contributed by atoms with Crippen molar-refractivity contribution in [2.24, 2.45) is 0 Å². The fourth-order valence-electron chi connectivity index (χ4n) is 2.95. The second-order valence-corrected chi connectivity index (χ2v) is 6.64. The second kappa shape index (κ2) is 7.67. The van der Waals surface area contributed by atoms with E-state index >= 15 is 0 Å². The molecule has 8 heteroatoms. The molecule has 4 rings (SSSR count). The highest BCUT2D eigenvalue weighted by Crippen LogP contribution is 2.19. The first-order valence-corrected chi connectivity index (χ1v) is 9.00. The molecule has 0 bridgehead atoms. The summed E-state index contributed by atoms with van der Waals surface area (Å²) < 4.78 is 18.8. The number of rotatable bonds is 5. The van der Waals surface area contributed by atoms with Crippen molar-refractivity contribution in [3.8, 4) is 11.4 Å². The summed E-state index contributed by atoms with van der Waals surface area (Å²) in [4.78, 5) is 31.4. The van der Waals surface area contributed by atoms with Gasteiger partial charge in [0.15, 0.2) is 0 Å². The Morgan fingerprint density at radius 1 is 1.21 bits per heavy atom. The van der Waals surface area contributed by atoms with Gasteiger partial charge in [0.25, 0.3) is 5.56 Å². The maximum Gasteiger partial charge on any atom is 0.259 e. The number of H-pyrrole nitrogens is 1. The van der Waals surface area contributed by atoms with Crippen molar-refractivity contribution < 1.29 is 13.7 Å². The van der Waals surface area contributed by atoms with Crippen molar-refractivity contribution in [3.63, 3.8) is 0 Å². The standard InChI is InChI=1S/C21H17FN4O3/c1-12-6-7-16-13(10-12)11-14(21(28)24-16)20-25-19(29-26-20)9-8-18(27)23-17-5-3-2-4-15(17)22/h2-7,10-11H,8-9H2,1H3,(H,23,27)(H,24,28). The van der Waals surface area contributed by atoms with Gasteiger partial charge in [-0.1, -0.05) is 28.9 Å². The number of halogens is 1. The monoisotopic (exact) mass is 392 g/mol. The molecule has 2 aromatic carbocycles. The van der Waals surface area contributed by atoms with E-state index in [1.165, 1.54) is 12.1 Å². The lowest BCUT2D eigenvalue weighted by Gasteiger charge is -2.04. The largest absolute Gasteiger partial charge is 0.339 e. The molecule has 0 aliphatic rings. The molecule has 0 aliphatic heterocycles. The quantitative estimate of drug-likeness (QED) is 0.540. The predicted octanol–water partition coefficient (Wildman–Crippen LogP) is 3.60. The number of aromatic amines is 1. The molecule has 0 unspecified atom stereocenters. The van der Waals surface area contributed by atoms with Gasteiger partial charge >= 0.3 is 0 Å². The Hall–Kier alpha value is -3.81. The molecule has 146 valence electrons. The van der Waals surface area contributed by atoms with Gasteiger partial charge in [-0.15, -0.1) is 0 Å². The SMILES string of the molecule is Cc1ccc2[nH]c(=O)c(-c3noc(CCC(=O)Nc4ccccc4F)n3)cc2c1. The zero-order chi connectivity index (χ0) is 20.4. The molecular weight excluding hydrogens is 375 g/mol. The molecule has 0 aliphatic carbocycles. The summed E-state index contributed by atoms with van der Waals surface area (Å²) in [5.74, 6) is -0.521. The number of nitrogens with one attached hydrogen (secondary N) is 2. The molecule has 4 aromatic rings. The Balaban J connectivity index is 1.48. The molecular formula is C21H17FN4O3. The van der Waals surface area contributed by atoms with Crippen molar-refractivity contribution in [2.45, 2.75) is 19.8 Å². The lowest BCUT2D eigenvalue weighted by Crippen LogP contribution is -2.13. The van der Waals surface area contributed by atoms with Crippen LogP contribution in [0.1, 0.15) is 17.9 Å². The van der Waals surface area contributed by atoms with Gasteiger partial charge in [-0.25, -0.2) is 4.39 Å². The van der Waals surface area contributed by atoms with E-state index in [1.807, 2.05) is 25.1 Å². The summed E-state index contributed by atoms with van der Waals surface area (Å²) in [6.07, 6.45) is 0.196. The average molecular weight is 392 g/mol. The van der Waals surface area contributed by atoms with Crippen molar-refractivity contribution >= 4 is 22.5 Å². The third-order valence-electron chi connectivity index (χ3n) is 4.42. The van der Waals surface area contributed by atoms with Crippen LogP contribution in [0.4, 0.5) is 10.1 Å². The summed E-state index contributed by atoms with van der Waals surface area (Å²) in [5.41, 5.74) is 1.85. The third kappa shape index (κ3) is 4.06. The minimum Gasteiger partial charge on any atom is -0.339 e. The number of hydrogen-bond acceptors (Lipinski definition) is 5. The number of benzene rings is 2. The van der Waals surface area contributed by atoms with E-state index in [0.29, 0.717) is 0 Å². The molecule has 2 heterocycles. The summed E-state index contributed by atoms with van der Waals surface area (Å²) in [5, 5.41) is 7.21. The molecule has 0 fully saturated rings. The smallest absolute Gasteiger partial charge is 0.259 e. The van der Waals surface area contributed by atoms with Crippen molar-refractivity contribution in [2.75, 3.05) is 5.32 Å². The number of anilines is 1. The number of carbonyl (C=O) groups is 1. The van der Waals surface area contributed by atoms with Gasteiger partial charge in [0.2, 0.25) is 17.6 Å². The molecule has 29 heavy (non-hydrogen) atoms. The maximum atomic E-state index is 13.6. The number of pyridine rings is 1. The zero-order valence-electron chi connectivity index (χ0n) is 15.5. The minimum absolute atomic E-state index is 0.0310. The number of fused-ring (bicyclic) bond motifs is 1. The Kier molecular flexibility index (Phi) is 4.90. The fraction of sp³-hybridized carbons (Fsp3) is 0.143. The molecule has 2 N–H and O–H groups in total. The number of aryl methyl sites for hydroxylation is 2. The Morgan fingerprint density at radius 2 is 2.03 bits per heavy atom. The van der Waals surface area contributed by atoms with E-state index in [0.717, 1.165) is 16.5 Å². The highest BCUT2D eigenvalue weighted by atomic mass is 19.1. The van der Waals surface area contributed by atoms with Crippen molar-refractivity contribution in [3.05, 3.63) is 76.2 Å². The second-order valence-electron chi connectivity index (χ2n) is 6.64. The van der Waals surface area contributed by atoms with E-state index in [4.69, 9.17) is 4.52 Å². The first kappa shape index (κ1) is 18.5. The molecule has 0 saturated carbocycles. The van der Waals surface area contributed by atoms with Crippen LogP contribution in [0.25, 0.3) is 22.3 Å². The van der Waals surface area contributed by atoms with Crippen LogP contribution < -0.4 is 10.9 Å². The Morgan fingerprint density at radius 3 is 2.86 bits per heavy atom. The average Bonchev–Trinajstić information content (AvgIpc) is 3.17. The Bertz CT molecular complexity index is 1260. The first-order chi connectivity index (χ1) is 14.0. The van der Waals surface area contributed by atoms with Gasteiger partial charge in [-0.2, -0.15) is 4.98 Å². The van der Waals surface area contributed by atoms with Crippen LogP contribution in [-0.4, -0.2) is 21.0 Å². The highest BCUT2D eigenvalue weighted by Gasteiger charge is 2.15. The number of carbonyl (C=O) groups excluding carboxylic acids is 1. The lowest BCUT2D eigenvalue weighted by molar-refractivity contribution is -0.116. The summed E-state index contributed by atoms with van der Waals surface area (Å²) >= 11 is 0. The Labute approximate surface area is 164 Å². The van der Waals surface area contributed by atoms with Gasteiger partial charge in [0.05, 0.1) is 11.3 Å². The van der Waals surface area contributed by atoms with Gasteiger partial charge in [-0.05, 0) is 42.6 Å². The van der Waals surface area contributed by atoms with Gasteiger partial charge in [0.1, 0.15) is 5.82 Å². The summed E-state index contributed by atoms with van der Waals surface area (Å²) in [6, 6.07) is 13.3. The van der Waals surface area contributed by atoms with E-state index in [2.05, 4.69) is 20.4 Å². The summed E-state index contributed by atoms with van der Waals surface area (Å²) in [7, 11) is 0. The molecule has 0 radical (unpaired) electrons. The minimum atomic E-state index is -0.508. The number of para-hydroxylation sites is 1. The molecule has 0 spiro atoms. The molecule has 7 nitrogen and oxygen atoms in total.